The number of carbonyl (C=O) groups is 2. The lowest BCUT2D eigenvalue weighted by molar-refractivity contribution is 0.0202. The van der Waals surface area contributed by atoms with E-state index in [2.05, 4.69) is 40.2 Å². The van der Waals surface area contributed by atoms with Crippen LogP contribution in [0.25, 0.3) is 10.9 Å². The van der Waals surface area contributed by atoms with E-state index in [9.17, 15) is 9.59 Å². The number of pyridine rings is 1. The van der Waals surface area contributed by atoms with E-state index >= 15 is 0 Å². The molecule has 5 rings (SSSR count). The van der Waals surface area contributed by atoms with E-state index in [1.54, 1.807) is 4.90 Å². The van der Waals surface area contributed by atoms with E-state index in [-0.39, 0.29) is 24.2 Å². The summed E-state index contributed by atoms with van der Waals surface area (Å²) in [4.78, 5) is 31.3. The third-order valence-electron chi connectivity index (χ3n) is 6.88. The second-order valence-electron chi connectivity index (χ2n) is 10.9. The average Bonchev–Trinajstić information content (AvgIpc) is 3.26. The molecule has 1 atom stereocenters. The Hall–Kier alpha value is -3.81. The highest BCUT2D eigenvalue weighted by Crippen LogP contribution is 2.33. The molecule has 2 aliphatic rings. The van der Waals surface area contributed by atoms with E-state index < -0.39 is 5.60 Å². The van der Waals surface area contributed by atoms with Crippen molar-refractivity contribution in [1.82, 2.24) is 15.2 Å². The van der Waals surface area contributed by atoms with E-state index in [0.717, 1.165) is 29.6 Å². The van der Waals surface area contributed by atoms with Crippen molar-refractivity contribution in [1.29, 1.82) is 0 Å². The summed E-state index contributed by atoms with van der Waals surface area (Å²) in [7, 11) is 0. The molecule has 8 heteroatoms. The smallest absolute Gasteiger partial charge is 0.410 e. The molecule has 1 aliphatic carbocycles. The van der Waals surface area contributed by atoms with Crippen molar-refractivity contribution < 1.29 is 14.3 Å². The van der Waals surface area contributed by atoms with Crippen LogP contribution >= 0.6 is 0 Å². The van der Waals surface area contributed by atoms with Crippen LogP contribution in [0.15, 0.2) is 54.6 Å². The van der Waals surface area contributed by atoms with Crippen molar-refractivity contribution in [2.75, 3.05) is 23.7 Å². The zero-order chi connectivity index (χ0) is 26.0. The minimum atomic E-state index is -0.512. The minimum absolute atomic E-state index is 0.00941. The highest BCUT2D eigenvalue weighted by molar-refractivity contribution is 5.93. The van der Waals surface area contributed by atoms with Crippen molar-refractivity contribution in [3.8, 4) is 0 Å². The van der Waals surface area contributed by atoms with Crippen LogP contribution in [0.4, 0.5) is 21.1 Å². The second-order valence-corrected chi connectivity index (χ2v) is 10.9. The largest absolute Gasteiger partial charge is 0.444 e. The summed E-state index contributed by atoms with van der Waals surface area (Å²) in [6.07, 6.45) is 3.23. The molecule has 3 aromatic rings. The van der Waals surface area contributed by atoms with Gasteiger partial charge in [-0.1, -0.05) is 24.3 Å². The number of hydrogen-bond acceptors (Lipinski definition) is 5. The molecule has 1 saturated heterocycles. The van der Waals surface area contributed by atoms with Crippen molar-refractivity contribution in [2.24, 2.45) is 0 Å². The van der Waals surface area contributed by atoms with Gasteiger partial charge in [-0.2, -0.15) is 0 Å². The first-order chi connectivity index (χ1) is 17.7. The summed E-state index contributed by atoms with van der Waals surface area (Å²) >= 11 is 0. The molecule has 8 nitrogen and oxygen atoms in total. The van der Waals surface area contributed by atoms with Crippen LogP contribution in [0.3, 0.4) is 0 Å². The fraction of sp³-hybridized carbons (Fsp3) is 0.414. The van der Waals surface area contributed by atoms with Crippen LogP contribution < -0.4 is 16.0 Å². The van der Waals surface area contributed by atoms with Crippen LogP contribution in [-0.2, 0) is 11.2 Å². The number of ether oxygens (including phenoxy) is 1. The van der Waals surface area contributed by atoms with E-state index in [4.69, 9.17) is 9.72 Å². The maximum absolute atomic E-state index is 12.6. The normalized spacial score (nSPS) is 17.8. The van der Waals surface area contributed by atoms with Gasteiger partial charge in [0, 0.05) is 30.2 Å². The summed E-state index contributed by atoms with van der Waals surface area (Å²) in [6.45, 7) is 6.70. The number of aryl methyl sites for hydroxylation is 1. The van der Waals surface area contributed by atoms with Gasteiger partial charge in [-0.15, -0.1) is 0 Å². The number of amides is 3. The molecule has 1 fully saturated rings. The lowest BCUT2D eigenvalue weighted by atomic mass is 10.1. The SMILES string of the molecule is CC(C)(C)OC(=O)N1CCC(NC(=O)Nc2ccc3nc(NC4CCc5ccccc54)ccc3c2)CC1. The predicted octanol–water partition coefficient (Wildman–Crippen LogP) is 5.86. The number of benzene rings is 2. The Bertz CT molecular complexity index is 1290. The number of piperidine rings is 1. The Kier molecular flexibility index (Phi) is 6.91. The van der Waals surface area contributed by atoms with Crippen LogP contribution in [0.1, 0.15) is 57.2 Å². The molecule has 2 aromatic carbocycles. The highest BCUT2D eigenvalue weighted by Gasteiger charge is 2.27. The molecule has 0 bridgehead atoms. The molecule has 1 aliphatic heterocycles. The Morgan fingerprint density at radius 1 is 1.00 bits per heavy atom. The maximum Gasteiger partial charge on any atom is 0.410 e. The van der Waals surface area contributed by atoms with Gasteiger partial charge < -0.3 is 25.6 Å². The molecule has 3 amide bonds. The molecular formula is C29H35N5O3. The Balaban J connectivity index is 1.14. The zero-order valence-corrected chi connectivity index (χ0v) is 21.7. The Labute approximate surface area is 217 Å². The van der Waals surface area contributed by atoms with Gasteiger partial charge in [-0.25, -0.2) is 14.6 Å². The molecule has 1 unspecified atom stereocenters. The van der Waals surface area contributed by atoms with Gasteiger partial charge in [0.2, 0.25) is 0 Å². The summed E-state index contributed by atoms with van der Waals surface area (Å²) in [5, 5.41) is 10.5. The molecular weight excluding hydrogens is 466 g/mol. The van der Waals surface area contributed by atoms with Crippen LogP contribution in [0.5, 0.6) is 0 Å². The second kappa shape index (κ2) is 10.3. The summed E-state index contributed by atoms with van der Waals surface area (Å²) in [5.41, 5.74) is 3.83. The summed E-state index contributed by atoms with van der Waals surface area (Å²) in [6, 6.07) is 18.4. The number of urea groups is 1. The van der Waals surface area contributed by atoms with Crippen molar-refractivity contribution in [3.05, 3.63) is 65.7 Å². The number of carbonyl (C=O) groups excluding carboxylic acids is 2. The first kappa shape index (κ1) is 24.9. The number of nitrogens with one attached hydrogen (secondary N) is 3. The number of aromatic nitrogens is 1. The monoisotopic (exact) mass is 501 g/mol. The van der Waals surface area contributed by atoms with Crippen molar-refractivity contribution >= 4 is 34.5 Å². The van der Waals surface area contributed by atoms with Crippen LogP contribution in [0, 0.1) is 0 Å². The molecule has 37 heavy (non-hydrogen) atoms. The third-order valence-corrected chi connectivity index (χ3v) is 6.88. The van der Waals surface area contributed by atoms with E-state index in [1.165, 1.54) is 11.1 Å². The Morgan fingerprint density at radius 3 is 2.57 bits per heavy atom. The van der Waals surface area contributed by atoms with Gasteiger partial charge in [0.1, 0.15) is 11.4 Å². The van der Waals surface area contributed by atoms with Gasteiger partial charge in [-0.05, 0) is 87.9 Å². The van der Waals surface area contributed by atoms with E-state index in [0.29, 0.717) is 31.6 Å². The fourth-order valence-electron chi connectivity index (χ4n) is 5.05. The lowest BCUT2D eigenvalue weighted by Crippen LogP contribution is -2.48. The van der Waals surface area contributed by atoms with Crippen molar-refractivity contribution in [3.63, 3.8) is 0 Å². The topological polar surface area (TPSA) is 95.6 Å². The van der Waals surface area contributed by atoms with Crippen LogP contribution in [-0.4, -0.2) is 46.7 Å². The summed E-state index contributed by atoms with van der Waals surface area (Å²) in [5.74, 6) is 0.852. The highest BCUT2D eigenvalue weighted by atomic mass is 16.6. The first-order valence-corrected chi connectivity index (χ1v) is 13.0. The van der Waals surface area contributed by atoms with Gasteiger partial charge >= 0.3 is 12.1 Å². The molecule has 0 spiro atoms. The van der Waals surface area contributed by atoms with E-state index in [1.807, 2.05) is 51.1 Å². The minimum Gasteiger partial charge on any atom is -0.444 e. The molecule has 2 heterocycles. The van der Waals surface area contributed by atoms with Gasteiger partial charge in [0.25, 0.3) is 0 Å². The zero-order valence-electron chi connectivity index (χ0n) is 21.7. The third kappa shape index (κ3) is 6.13. The molecule has 3 N–H and O–H groups in total. The molecule has 194 valence electrons. The van der Waals surface area contributed by atoms with Gasteiger partial charge in [0.05, 0.1) is 11.6 Å². The number of nitrogens with zero attached hydrogens (tertiary/aromatic N) is 2. The number of fused-ring (bicyclic) bond motifs is 2. The number of anilines is 2. The first-order valence-electron chi connectivity index (χ1n) is 13.0. The fourth-order valence-corrected chi connectivity index (χ4v) is 5.05. The predicted molar refractivity (Wildman–Crippen MR) is 146 cm³/mol. The number of hydrogen-bond donors (Lipinski definition) is 3. The standard InChI is InChI=1S/C29H35N5O3/c1-29(2,3)37-28(36)34-16-14-21(15-17-34)30-27(35)31-22-10-12-24-20(18-22)9-13-26(32-24)33-25-11-8-19-6-4-5-7-23(19)25/h4-7,9-10,12-13,18,21,25H,8,11,14-17H2,1-3H3,(H,32,33)(H2,30,31,35). The number of rotatable bonds is 4. The van der Waals surface area contributed by atoms with Crippen LogP contribution in [0.2, 0.25) is 0 Å². The quantitative estimate of drug-likeness (QED) is 0.416. The maximum atomic E-state index is 12.6. The number of likely N-dealkylation sites (tertiary alicyclic amines) is 1. The van der Waals surface area contributed by atoms with Gasteiger partial charge in [-0.3, -0.25) is 0 Å². The molecule has 1 aromatic heterocycles. The molecule has 0 radical (unpaired) electrons. The molecule has 0 saturated carbocycles. The Morgan fingerprint density at radius 2 is 1.78 bits per heavy atom. The van der Waals surface area contributed by atoms with Gasteiger partial charge in [0.15, 0.2) is 0 Å². The van der Waals surface area contributed by atoms with Crippen molar-refractivity contribution in [2.45, 2.75) is 64.1 Å². The lowest BCUT2D eigenvalue weighted by Gasteiger charge is -2.33. The summed E-state index contributed by atoms with van der Waals surface area (Å²) < 4.78 is 5.44. The average molecular weight is 502 g/mol.